The Morgan fingerprint density at radius 3 is 2.57 bits per heavy atom. The topological polar surface area (TPSA) is 110 Å². The van der Waals surface area contributed by atoms with Gasteiger partial charge < -0.3 is 9.84 Å². The van der Waals surface area contributed by atoms with Gasteiger partial charge in [0.1, 0.15) is 0 Å². The number of methoxy groups -OCH3 is 1. The van der Waals surface area contributed by atoms with Crippen LogP contribution in [-0.4, -0.2) is 38.3 Å². The fourth-order valence-corrected chi connectivity index (χ4v) is 2.82. The molecule has 0 fully saturated rings. The van der Waals surface area contributed by atoms with E-state index in [1.807, 2.05) is 0 Å². The van der Waals surface area contributed by atoms with E-state index in [4.69, 9.17) is 5.11 Å². The highest BCUT2D eigenvalue weighted by molar-refractivity contribution is 7.92. The van der Waals surface area contributed by atoms with Crippen LogP contribution in [0.1, 0.15) is 18.4 Å². The van der Waals surface area contributed by atoms with Crippen molar-refractivity contribution in [1.29, 1.82) is 0 Å². The van der Waals surface area contributed by atoms with Crippen molar-refractivity contribution in [1.82, 2.24) is 0 Å². The number of benzene rings is 1. The molecule has 0 heterocycles. The number of esters is 1. The number of para-hydroxylation sites is 1. The lowest BCUT2D eigenvalue weighted by molar-refractivity contribution is -0.140. The largest absolute Gasteiger partial charge is 0.481 e. The van der Waals surface area contributed by atoms with Gasteiger partial charge in [-0.15, -0.1) is 0 Å². The van der Waals surface area contributed by atoms with Crippen LogP contribution in [0.15, 0.2) is 24.3 Å². The van der Waals surface area contributed by atoms with Gasteiger partial charge in [0, 0.05) is 6.42 Å². The second kappa shape index (κ2) is 7.63. The minimum absolute atomic E-state index is 0.00812. The number of anilines is 1. The molecule has 0 aliphatic rings. The van der Waals surface area contributed by atoms with Gasteiger partial charge in [0.25, 0.3) is 0 Å². The fourth-order valence-electron chi connectivity index (χ4n) is 1.66. The number of rotatable bonds is 8. The maximum absolute atomic E-state index is 11.9. The van der Waals surface area contributed by atoms with Crippen LogP contribution in [0.2, 0.25) is 0 Å². The molecule has 21 heavy (non-hydrogen) atoms. The van der Waals surface area contributed by atoms with Crippen LogP contribution in [0.25, 0.3) is 0 Å². The van der Waals surface area contributed by atoms with Crippen LogP contribution in [0, 0.1) is 0 Å². The summed E-state index contributed by atoms with van der Waals surface area (Å²) in [5, 5.41) is 8.79. The molecule has 0 unspecified atom stereocenters. The molecule has 8 heteroatoms. The van der Waals surface area contributed by atoms with E-state index in [-0.39, 0.29) is 30.7 Å². The molecule has 116 valence electrons. The third-order valence-corrected chi connectivity index (χ3v) is 4.00. The number of hydrogen-bond donors (Lipinski definition) is 2. The number of carboxylic acids is 1. The van der Waals surface area contributed by atoms with Crippen LogP contribution in [0.4, 0.5) is 5.69 Å². The predicted octanol–water partition coefficient (Wildman–Crippen LogP) is 1.01. The van der Waals surface area contributed by atoms with Crippen LogP contribution in [-0.2, 0) is 30.8 Å². The molecule has 0 aliphatic heterocycles. The highest BCUT2D eigenvalue weighted by Crippen LogP contribution is 2.17. The summed E-state index contributed by atoms with van der Waals surface area (Å²) >= 11 is 0. The van der Waals surface area contributed by atoms with Gasteiger partial charge in [0.05, 0.1) is 25.0 Å². The third-order valence-electron chi connectivity index (χ3n) is 2.65. The smallest absolute Gasteiger partial charge is 0.307 e. The molecule has 0 saturated heterocycles. The van der Waals surface area contributed by atoms with Crippen molar-refractivity contribution in [2.45, 2.75) is 19.3 Å². The molecule has 0 aromatic heterocycles. The lowest BCUT2D eigenvalue weighted by atomic mass is 10.1. The number of carbonyl (C=O) groups excluding carboxylic acids is 1. The van der Waals surface area contributed by atoms with E-state index in [0.29, 0.717) is 5.56 Å². The van der Waals surface area contributed by atoms with Crippen molar-refractivity contribution in [2.75, 3.05) is 17.6 Å². The third kappa shape index (κ3) is 6.26. The normalized spacial score (nSPS) is 10.9. The van der Waals surface area contributed by atoms with Gasteiger partial charge >= 0.3 is 11.9 Å². The highest BCUT2D eigenvalue weighted by atomic mass is 32.2. The van der Waals surface area contributed by atoms with Gasteiger partial charge in [-0.3, -0.25) is 14.3 Å². The van der Waals surface area contributed by atoms with E-state index in [0.717, 1.165) is 0 Å². The first-order valence-corrected chi connectivity index (χ1v) is 7.86. The predicted molar refractivity (Wildman–Crippen MR) is 76.4 cm³/mol. The summed E-state index contributed by atoms with van der Waals surface area (Å²) in [6.45, 7) is 0. The monoisotopic (exact) mass is 315 g/mol. The van der Waals surface area contributed by atoms with Gasteiger partial charge in [-0.25, -0.2) is 8.42 Å². The summed E-state index contributed by atoms with van der Waals surface area (Å²) < 4.78 is 30.6. The van der Waals surface area contributed by atoms with E-state index in [2.05, 4.69) is 9.46 Å². The first kappa shape index (κ1) is 17.0. The molecule has 0 aliphatic carbocycles. The Labute approximate surface area is 123 Å². The van der Waals surface area contributed by atoms with Crippen molar-refractivity contribution >= 4 is 27.6 Å². The SMILES string of the molecule is COC(=O)CCCS(=O)(=O)Nc1ccccc1CC(=O)O. The highest BCUT2D eigenvalue weighted by Gasteiger charge is 2.15. The molecule has 1 rings (SSSR count). The van der Waals surface area contributed by atoms with Gasteiger partial charge in [-0.2, -0.15) is 0 Å². The minimum atomic E-state index is -3.65. The van der Waals surface area contributed by atoms with E-state index in [1.165, 1.54) is 13.2 Å². The number of sulfonamides is 1. The molecule has 7 nitrogen and oxygen atoms in total. The maximum atomic E-state index is 11.9. The van der Waals surface area contributed by atoms with Crippen molar-refractivity contribution < 1.29 is 27.9 Å². The molecular formula is C13H17NO6S. The molecule has 0 amide bonds. The minimum Gasteiger partial charge on any atom is -0.481 e. The van der Waals surface area contributed by atoms with Gasteiger partial charge in [0.15, 0.2) is 0 Å². The van der Waals surface area contributed by atoms with Crippen LogP contribution >= 0.6 is 0 Å². The van der Waals surface area contributed by atoms with E-state index in [9.17, 15) is 18.0 Å². The molecule has 2 N–H and O–H groups in total. The number of nitrogens with one attached hydrogen (secondary N) is 1. The number of carboxylic acid groups (broad SMARTS) is 1. The second-order valence-electron chi connectivity index (χ2n) is 4.33. The van der Waals surface area contributed by atoms with Gasteiger partial charge in [-0.1, -0.05) is 18.2 Å². The van der Waals surface area contributed by atoms with Crippen molar-refractivity contribution in [3.8, 4) is 0 Å². The fraction of sp³-hybridized carbons (Fsp3) is 0.385. The molecule has 0 atom stereocenters. The Bertz CT molecular complexity index is 611. The summed E-state index contributed by atoms with van der Waals surface area (Å²) in [7, 11) is -2.41. The number of carbonyl (C=O) groups is 2. The van der Waals surface area contributed by atoms with Crippen molar-refractivity contribution in [3.05, 3.63) is 29.8 Å². The molecule has 0 radical (unpaired) electrons. The Morgan fingerprint density at radius 2 is 1.95 bits per heavy atom. The number of aliphatic carboxylic acids is 1. The first-order chi connectivity index (χ1) is 9.84. The van der Waals surface area contributed by atoms with E-state index in [1.54, 1.807) is 18.2 Å². The Balaban J connectivity index is 2.71. The average molecular weight is 315 g/mol. The number of ether oxygens (including phenoxy) is 1. The second-order valence-corrected chi connectivity index (χ2v) is 6.17. The quantitative estimate of drug-likeness (QED) is 0.693. The molecule has 1 aromatic rings. The summed E-state index contributed by atoms with van der Waals surface area (Å²) in [6.07, 6.45) is -0.141. The number of hydrogen-bond acceptors (Lipinski definition) is 5. The Kier molecular flexibility index (Phi) is 6.16. The maximum Gasteiger partial charge on any atom is 0.307 e. The van der Waals surface area contributed by atoms with Gasteiger partial charge in [-0.05, 0) is 18.1 Å². The standard InChI is InChI=1S/C13H17NO6S/c1-20-13(17)7-4-8-21(18,19)14-11-6-3-2-5-10(11)9-12(15)16/h2-3,5-6,14H,4,7-9H2,1H3,(H,15,16). The average Bonchev–Trinajstić information content (AvgIpc) is 2.39. The summed E-state index contributed by atoms with van der Waals surface area (Å²) in [5.41, 5.74) is 0.611. The molecule has 0 bridgehead atoms. The van der Waals surface area contributed by atoms with Crippen molar-refractivity contribution in [2.24, 2.45) is 0 Å². The van der Waals surface area contributed by atoms with Crippen LogP contribution in [0.3, 0.4) is 0 Å². The zero-order valence-electron chi connectivity index (χ0n) is 11.5. The molecule has 0 spiro atoms. The first-order valence-electron chi connectivity index (χ1n) is 6.21. The van der Waals surface area contributed by atoms with Crippen molar-refractivity contribution in [3.63, 3.8) is 0 Å². The zero-order chi connectivity index (χ0) is 15.9. The summed E-state index contributed by atoms with van der Waals surface area (Å²) in [6, 6.07) is 6.28. The lowest BCUT2D eigenvalue weighted by Gasteiger charge is -2.11. The molecule has 0 saturated carbocycles. The Morgan fingerprint density at radius 1 is 1.29 bits per heavy atom. The zero-order valence-corrected chi connectivity index (χ0v) is 12.4. The van der Waals surface area contributed by atoms with E-state index >= 15 is 0 Å². The van der Waals surface area contributed by atoms with Crippen LogP contribution < -0.4 is 4.72 Å². The lowest BCUT2D eigenvalue weighted by Crippen LogP contribution is -2.19. The summed E-state index contributed by atoms with van der Waals surface area (Å²) in [5.74, 6) is -1.77. The molecular weight excluding hydrogens is 298 g/mol. The molecule has 1 aromatic carbocycles. The van der Waals surface area contributed by atoms with Gasteiger partial charge in [0.2, 0.25) is 10.0 Å². The van der Waals surface area contributed by atoms with E-state index < -0.39 is 22.0 Å². The summed E-state index contributed by atoms with van der Waals surface area (Å²) in [4.78, 5) is 21.7. The van der Waals surface area contributed by atoms with Crippen LogP contribution in [0.5, 0.6) is 0 Å². The Hall–Kier alpha value is -2.09.